The molecule has 0 saturated carbocycles. The first kappa shape index (κ1) is 15.9. The van der Waals surface area contributed by atoms with E-state index in [9.17, 15) is 8.42 Å². The van der Waals surface area contributed by atoms with E-state index in [1.54, 1.807) is 6.92 Å². The topological polar surface area (TPSA) is 94.8 Å². The number of aryl methyl sites for hydroxylation is 1. The van der Waals surface area contributed by atoms with Crippen LogP contribution < -0.4 is 0 Å². The van der Waals surface area contributed by atoms with Crippen LogP contribution in [0, 0.1) is 6.92 Å². The van der Waals surface area contributed by atoms with Gasteiger partial charge in [-0.05, 0) is 26.2 Å². The summed E-state index contributed by atoms with van der Waals surface area (Å²) in [6.45, 7) is 3.35. The zero-order valence-electron chi connectivity index (χ0n) is 12.6. The summed E-state index contributed by atoms with van der Waals surface area (Å²) >= 11 is 0. The summed E-state index contributed by atoms with van der Waals surface area (Å²) in [5.74, 6) is 0.844. The van der Waals surface area contributed by atoms with Crippen molar-refractivity contribution in [1.29, 1.82) is 0 Å². The number of morpholine rings is 1. The Labute approximate surface area is 129 Å². The SMILES string of the molecule is Cc1noc([C@@H]2COCCN2S(=O)(=O)CC[C@@H]2CCCO2)n1. The van der Waals surface area contributed by atoms with Crippen molar-refractivity contribution in [2.75, 3.05) is 32.1 Å². The zero-order chi connectivity index (χ0) is 15.6. The second kappa shape index (κ2) is 6.61. The van der Waals surface area contributed by atoms with E-state index in [0.717, 1.165) is 19.4 Å². The number of nitrogens with zero attached hydrogens (tertiary/aromatic N) is 3. The molecule has 124 valence electrons. The monoisotopic (exact) mass is 331 g/mol. The molecule has 1 aromatic heterocycles. The minimum Gasteiger partial charge on any atom is -0.378 e. The van der Waals surface area contributed by atoms with Crippen molar-refractivity contribution in [2.24, 2.45) is 0 Å². The van der Waals surface area contributed by atoms with E-state index in [2.05, 4.69) is 10.1 Å². The summed E-state index contributed by atoms with van der Waals surface area (Å²) in [4.78, 5) is 4.15. The summed E-state index contributed by atoms with van der Waals surface area (Å²) in [5, 5.41) is 3.73. The maximum Gasteiger partial charge on any atom is 0.247 e. The Morgan fingerprint density at radius 2 is 2.23 bits per heavy atom. The molecule has 0 aliphatic carbocycles. The second-order valence-electron chi connectivity index (χ2n) is 5.62. The zero-order valence-corrected chi connectivity index (χ0v) is 13.4. The average Bonchev–Trinajstić information content (AvgIpc) is 3.17. The Morgan fingerprint density at radius 1 is 1.36 bits per heavy atom. The molecule has 2 atom stereocenters. The highest BCUT2D eigenvalue weighted by Crippen LogP contribution is 2.27. The van der Waals surface area contributed by atoms with Crippen molar-refractivity contribution in [3.05, 3.63) is 11.7 Å². The van der Waals surface area contributed by atoms with Gasteiger partial charge in [0.15, 0.2) is 5.82 Å². The number of aromatic nitrogens is 2. The molecule has 0 aromatic carbocycles. The molecule has 9 heteroatoms. The maximum absolute atomic E-state index is 12.7. The molecule has 0 spiro atoms. The van der Waals surface area contributed by atoms with E-state index in [0.29, 0.717) is 25.4 Å². The summed E-state index contributed by atoms with van der Waals surface area (Å²) in [6.07, 6.45) is 2.52. The molecular weight excluding hydrogens is 310 g/mol. The highest BCUT2D eigenvalue weighted by molar-refractivity contribution is 7.89. The highest BCUT2D eigenvalue weighted by Gasteiger charge is 2.37. The fourth-order valence-electron chi connectivity index (χ4n) is 2.83. The standard InChI is InChI=1S/C13H21N3O5S/c1-10-14-13(21-15-10)12-9-19-7-5-16(12)22(17,18)8-4-11-3-2-6-20-11/h11-12H,2-9H2,1H3/t11-,12-/m0/s1. The number of hydrogen-bond acceptors (Lipinski definition) is 7. The van der Waals surface area contributed by atoms with Crippen LogP contribution in [0.25, 0.3) is 0 Å². The molecule has 1 aromatic rings. The maximum atomic E-state index is 12.7. The van der Waals surface area contributed by atoms with Gasteiger partial charge in [0.05, 0.1) is 25.1 Å². The second-order valence-corrected chi connectivity index (χ2v) is 7.66. The lowest BCUT2D eigenvalue weighted by molar-refractivity contribution is 0.0201. The van der Waals surface area contributed by atoms with E-state index in [1.807, 2.05) is 0 Å². The lowest BCUT2D eigenvalue weighted by Gasteiger charge is -2.32. The van der Waals surface area contributed by atoms with Crippen LogP contribution in [0.1, 0.15) is 37.0 Å². The van der Waals surface area contributed by atoms with Crippen molar-refractivity contribution in [3.63, 3.8) is 0 Å². The first-order valence-electron chi connectivity index (χ1n) is 7.55. The van der Waals surface area contributed by atoms with Crippen LogP contribution in [0.3, 0.4) is 0 Å². The van der Waals surface area contributed by atoms with Crippen molar-refractivity contribution >= 4 is 10.0 Å². The molecule has 3 rings (SSSR count). The van der Waals surface area contributed by atoms with Crippen LogP contribution >= 0.6 is 0 Å². The fourth-order valence-corrected chi connectivity index (χ4v) is 4.52. The molecule has 3 heterocycles. The number of ether oxygens (including phenoxy) is 2. The Hall–Kier alpha value is -1.03. The van der Waals surface area contributed by atoms with E-state index in [-0.39, 0.29) is 24.4 Å². The lowest BCUT2D eigenvalue weighted by atomic mass is 10.2. The summed E-state index contributed by atoms with van der Waals surface area (Å²) in [6, 6.07) is -0.538. The lowest BCUT2D eigenvalue weighted by Crippen LogP contribution is -2.44. The van der Waals surface area contributed by atoms with Gasteiger partial charge in [-0.25, -0.2) is 8.42 Å². The number of sulfonamides is 1. The fraction of sp³-hybridized carbons (Fsp3) is 0.846. The van der Waals surface area contributed by atoms with Gasteiger partial charge < -0.3 is 14.0 Å². The third kappa shape index (κ3) is 3.48. The van der Waals surface area contributed by atoms with E-state index >= 15 is 0 Å². The van der Waals surface area contributed by atoms with Gasteiger partial charge in [-0.15, -0.1) is 0 Å². The molecule has 2 aliphatic rings. The van der Waals surface area contributed by atoms with Gasteiger partial charge in [0.2, 0.25) is 15.9 Å². The molecule has 0 unspecified atom stereocenters. The van der Waals surface area contributed by atoms with Crippen LogP contribution in [0.5, 0.6) is 0 Å². The highest BCUT2D eigenvalue weighted by atomic mass is 32.2. The summed E-state index contributed by atoms with van der Waals surface area (Å²) in [5.41, 5.74) is 0. The van der Waals surface area contributed by atoms with Gasteiger partial charge in [-0.3, -0.25) is 0 Å². The molecule has 8 nitrogen and oxygen atoms in total. The van der Waals surface area contributed by atoms with Crippen LogP contribution in [0.4, 0.5) is 0 Å². The third-order valence-corrected chi connectivity index (χ3v) is 5.89. The molecule has 2 saturated heterocycles. The summed E-state index contributed by atoms with van der Waals surface area (Å²) < 4.78 is 42.8. The minimum atomic E-state index is -3.41. The molecule has 2 aliphatic heterocycles. The van der Waals surface area contributed by atoms with Crippen LogP contribution in [0.2, 0.25) is 0 Å². The molecule has 0 N–H and O–H groups in total. The smallest absolute Gasteiger partial charge is 0.247 e. The molecule has 0 bridgehead atoms. The third-order valence-electron chi connectivity index (χ3n) is 3.99. The Morgan fingerprint density at radius 3 is 2.91 bits per heavy atom. The van der Waals surface area contributed by atoms with Gasteiger partial charge in [0.1, 0.15) is 6.04 Å². The van der Waals surface area contributed by atoms with Crippen LogP contribution in [0.15, 0.2) is 4.52 Å². The van der Waals surface area contributed by atoms with Crippen LogP contribution in [-0.4, -0.2) is 61.1 Å². The Bertz CT molecular complexity index is 597. The van der Waals surface area contributed by atoms with Gasteiger partial charge in [-0.2, -0.15) is 9.29 Å². The Balaban J connectivity index is 1.71. The van der Waals surface area contributed by atoms with Crippen LogP contribution in [-0.2, 0) is 19.5 Å². The average molecular weight is 331 g/mol. The molecule has 2 fully saturated rings. The molecule has 0 amide bonds. The van der Waals surface area contributed by atoms with Gasteiger partial charge in [0.25, 0.3) is 0 Å². The van der Waals surface area contributed by atoms with Gasteiger partial charge >= 0.3 is 0 Å². The largest absolute Gasteiger partial charge is 0.378 e. The molecule has 0 radical (unpaired) electrons. The first-order valence-corrected chi connectivity index (χ1v) is 9.16. The molecule has 22 heavy (non-hydrogen) atoms. The van der Waals surface area contributed by atoms with Crippen molar-refractivity contribution in [1.82, 2.24) is 14.4 Å². The number of rotatable bonds is 5. The predicted octanol–water partition coefficient (Wildman–Crippen LogP) is 0.650. The minimum absolute atomic E-state index is 0.0555. The molecular formula is C13H21N3O5S. The number of hydrogen-bond donors (Lipinski definition) is 0. The van der Waals surface area contributed by atoms with Crippen molar-refractivity contribution in [2.45, 2.75) is 38.3 Å². The quantitative estimate of drug-likeness (QED) is 0.781. The van der Waals surface area contributed by atoms with E-state index < -0.39 is 16.1 Å². The van der Waals surface area contributed by atoms with Gasteiger partial charge in [-0.1, -0.05) is 5.16 Å². The van der Waals surface area contributed by atoms with E-state index in [4.69, 9.17) is 14.0 Å². The van der Waals surface area contributed by atoms with E-state index in [1.165, 1.54) is 4.31 Å². The normalized spacial score (nSPS) is 27.3. The first-order chi connectivity index (χ1) is 10.6. The van der Waals surface area contributed by atoms with Crippen molar-refractivity contribution in [3.8, 4) is 0 Å². The Kier molecular flexibility index (Phi) is 4.76. The van der Waals surface area contributed by atoms with Crippen molar-refractivity contribution < 1.29 is 22.4 Å². The predicted molar refractivity (Wildman–Crippen MR) is 76.7 cm³/mol. The summed E-state index contributed by atoms with van der Waals surface area (Å²) in [7, 11) is -3.41. The van der Waals surface area contributed by atoms with Gasteiger partial charge in [0, 0.05) is 13.2 Å².